The SMILES string of the molecule is C[C@@H]1CCC[C@H](C)N1C(=O)C(=O)N1CC[C@H](NC(=O)Nc2ccc(F)cc2)C1. The van der Waals surface area contributed by atoms with Crippen LogP contribution >= 0.6 is 0 Å². The number of carbonyl (C=O) groups excluding carboxylic acids is 3. The average Bonchev–Trinajstić information content (AvgIpc) is 3.11. The van der Waals surface area contributed by atoms with Gasteiger partial charge in [-0.3, -0.25) is 9.59 Å². The van der Waals surface area contributed by atoms with Crippen LogP contribution in [0.3, 0.4) is 0 Å². The molecule has 3 rings (SSSR count). The molecule has 0 aliphatic carbocycles. The summed E-state index contributed by atoms with van der Waals surface area (Å²) in [6.45, 7) is 4.70. The zero-order chi connectivity index (χ0) is 20.3. The first-order valence-electron chi connectivity index (χ1n) is 9.80. The van der Waals surface area contributed by atoms with Gasteiger partial charge in [0.2, 0.25) is 0 Å². The number of rotatable bonds is 2. The molecule has 2 N–H and O–H groups in total. The van der Waals surface area contributed by atoms with E-state index in [4.69, 9.17) is 0 Å². The van der Waals surface area contributed by atoms with E-state index >= 15 is 0 Å². The van der Waals surface area contributed by atoms with Crippen LogP contribution in [-0.2, 0) is 9.59 Å². The van der Waals surface area contributed by atoms with Gasteiger partial charge < -0.3 is 20.4 Å². The van der Waals surface area contributed by atoms with Gasteiger partial charge in [0, 0.05) is 36.9 Å². The number of piperidine rings is 1. The number of likely N-dealkylation sites (tertiary alicyclic amines) is 2. The second-order valence-corrected chi connectivity index (χ2v) is 7.68. The molecule has 4 amide bonds. The van der Waals surface area contributed by atoms with Gasteiger partial charge in [-0.15, -0.1) is 0 Å². The molecule has 7 nitrogen and oxygen atoms in total. The van der Waals surface area contributed by atoms with E-state index in [0.29, 0.717) is 25.2 Å². The monoisotopic (exact) mass is 390 g/mol. The van der Waals surface area contributed by atoms with Gasteiger partial charge in [0.1, 0.15) is 5.82 Å². The van der Waals surface area contributed by atoms with E-state index in [0.717, 1.165) is 19.3 Å². The third kappa shape index (κ3) is 4.61. The van der Waals surface area contributed by atoms with Crippen molar-refractivity contribution in [2.45, 2.75) is 57.7 Å². The summed E-state index contributed by atoms with van der Waals surface area (Å²) in [4.78, 5) is 40.7. The zero-order valence-corrected chi connectivity index (χ0v) is 16.3. The molecule has 0 saturated carbocycles. The molecule has 2 aliphatic rings. The molecule has 2 fully saturated rings. The Kier molecular flexibility index (Phi) is 6.16. The maximum absolute atomic E-state index is 12.9. The summed E-state index contributed by atoms with van der Waals surface area (Å²) in [5.74, 6) is -1.32. The topological polar surface area (TPSA) is 81.8 Å². The molecule has 28 heavy (non-hydrogen) atoms. The van der Waals surface area contributed by atoms with Gasteiger partial charge in [-0.1, -0.05) is 0 Å². The van der Waals surface area contributed by atoms with Crippen molar-refractivity contribution in [2.75, 3.05) is 18.4 Å². The van der Waals surface area contributed by atoms with E-state index in [1.165, 1.54) is 29.2 Å². The first-order chi connectivity index (χ1) is 13.3. The lowest BCUT2D eigenvalue weighted by Gasteiger charge is -2.39. The van der Waals surface area contributed by atoms with Crippen LogP contribution < -0.4 is 10.6 Å². The minimum absolute atomic E-state index is 0.0678. The lowest BCUT2D eigenvalue weighted by atomic mass is 9.97. The van der Waals surface area contributed by atoms with Crippen molar-refractivity contribution in [3.05, 3.63) is 30.1 Å². The molecule has 1 aromatic rings. The highest BCUT2D eigenvalue weighted by Gasteiger charge is 2.37. The Morgan fingerprint density at radius 2 is 1.64 bits per heavy atom. The van der Waals surface area contributed by atoms with E-state index in [9.17, 15) is 18.8 Å². The summed E-state index contributed by atoms with van der Waals surface area (Å²) in [6, 6.07) is 4.96. The quantitative estimate of drug-likeness (QED) is 0.761. The molecule has 2 aliphatic heterocycles. The molecule has 0 bridgehead atoms. The first kappa shape index (κ1) is 20.1. The number of nitrogens with zero attached hydrogens (tertiary/aromatic N) is 2. The van der Waals surface area contributed by atoms with Crippen LogP contribution in [0.15, 0.2) is 24.3 Å². The minimum atomic E-state index is -0.496. The van der Waals surface area contributed by atoms with Crippen molar-refractivity contribution in [3.8, 4) is 0 Å². The molecule has 2 saturated heterocycles. The maximum atomic E-state index is 12.9. The smallest absolute Gasteiger partial charge is 0.319 e. The number of anilines is 1. The van der Waals surface area contributed by atoms with E-state index in [1.807, 2.05) is 13.8 Å². The number of hydrogen-bond acceptors (Lipinski definition) is 3. The standard InChI is InChI=1S/C20H27FN4O3/c1-13-4-3-5-14(2)25(13)19(27)18(26)24-11-10-17(12-24)23-20(28)22-16-8-6-15(21)7-9-16/h6-9,13-14,17H,3-5,10-12H2,1-2H3,(H2,22,23,28)/t13-,14+,17-/m0/s1. The maximum Gasteiger partial charge on any atom is 0.319 e. The summed E-state index contributed by atoms with van der Waals surface area (Å²) in [5.41, 5.74) is 0.480. The van der Waals surface area contributed by atoms with Gasteiger partial charge in [0.25, 0.3) is 0 Å². The fourth-order valence-corrected chi connectivity index (χ4v) is 4.02. The van der Waals surface area contributed by atoms with Gasteiger partial charge in [-0.05, 0) is 63.8 Å². The number of amides is 4. The molecule has 152 valence electrons. The van der Waals surface area contributed by atoms with Crippen molar-refractivity contribution in [1.29, 1.82) is 0 Å². The summed E-state index contributed by atoms with van der Waals surface area (Å²) >= 11 is 0. The fraction of sp³-hybridized carbons (Fsp3) is 0.550. The van der Waals surface area contributed by atoms with Crippen molar-refractivity contribution in [2.24, 2.45) is 0 Å². The highest BCUT2D eigenvalue weighted by molar-refractivity contribution is 6.35. The van der Waals surface area contributed by atoms with Crippen LogP contribution in [0.1, 0.15) is 39.5 Å². The van der Waals surface area contributed by atoms with Gasteiger partial charge in [-0.2, -0.15) is 0 Å². The molecule has 0 unspecified atom stereocenters. The predicted molar refractivity (Wildman–Crippen MR) is 103 cm³/mol. The Balaban J connectivity index is 1.51. The molecule has 2 heterocycles. The Hall–Kier alpha value is -2.64. The van der Waals surface area contributed by atoms with E-state index in [2.05, 4.69) is 10.6 Å². The van der Waals surface area contributed by atoms with Crippen LogP contribution in [0.4, 0.5) is 14.9 Å². The number of nitrogens with one attached hydrogen (secondary N) is 2. The Morgan fingerprint density at radius 1 is 1.00 bits per heavy atom. The van der Waals surface area contributed by atoms with E-state index in [1.54, 1.807) is 4.90 Å². The van der Waals surface area contributed by atoms with Gasteiger partial charge in [-0.25, -0.2) is 9.18 Å². The van der Waals surface area contributed by atoms with Crippen LogP contribution in [0.2, 0.25) is 0 Å². The highest BCUT2D eigenvalue weighted by atomic mass is 19.1. The number of urea groups is 1. The van der Waals surface area contributed by atoms with E-state index < -0.39 is 17.8 Å². The van der Waals surface area contributed by atoms with Crippen LogP contribution in [0.5, 0.6) is 0 Å². The summed E-state index contributed by atoms with van der Waals surface area (Å²) < 4.78 is 12.9. The number of benzene rings is 1. The largest absolute Gasteiger partial charge is 0.333 e. The zero-order valence-electron chi connectivity index (χ0n) is 16.3. The normalized spacial score (nSPS) is 24.8. The molecular weight excluding hydrogens is 363 g/mol. The van der Waals surface area contributed by atoms with Gasteiger partial charge in [0.05, 0.1) is 0 Å². The Labute approximate surface area is 164 Å². The van der Waals surface area contributed by atoms with Crippen LogP contribution in [0, 0.1) is 5.82 Å². The first-order valence-corrected chi connectivity index (χ1v) is 9.80. The van der Waals surface area contributed by atoms with Crippen molar-refractivity contribution < 1.29 is 18.8 Å². The van der Waals surface area contributed by atoms with Crippen molar-refractivity contribution >= 4 is 23.5 Å². The Bertz CT molecular complexity index is 729. The van der Waals surface area contributed by atoms with Crippen molar-refractivity contribution in [3.63, 3.8) is 0 Å². The highest BCUT2D eigenvalue weighted by Crippen LogP contribution is 2.23. The molecule has 8 heteroatoms. The van der Waals surface area contributed by atoms with Crippen molar-refractivity contribution in [1.82, 2.24) is 15.1 Å². The molecule has 3 atom stereocenters. The molecule has 0 aromatic heterocycles. The Morgan fingerprint density at radius 3 is 2.29 bits per heavy atom. The number of hydrogen-bond donors (Lipinski definition) is 2. The second kappa shape index (κ2) is 8.58. The third-order valence-electron chi connectivity index (χ3n) is 5.52. The molecular formula is C20H27FN4O3. The van der Waals surface area contributed by atoms with Crippen LogP contribution in [-0.4, -0.2) is 58.9 Å². The molecule has 0 radical (unpaired) electrons. The minimum Gasteiger partial charge on any atom is -0.333 e. The summed E-state index contributed by atoms with van der Waals surface area (Å²) in [6.07, 6.45) is 3.48. The molecule has 1 aromatic carbocycles. The lowest BCUT2D eigenvalue weighted by molar-refractivity contribution is -0.155. The second-order valence-electron chi connectivity index (χ2n) is 7.68. The fourth-order valence-electron chi connectivity index (χ4n) is 4.02. The average molecular weight is 390 g/mol. The number of halogens is 1. The summed E-state index contributed by atoms with van der Waals surface area (Å²) in [5, 5.41) is 5.43. The van der Waals surface area contributed by atoms with Crippen LogP contribution in [0.25, 0.3) is 0 Å². The summed E-state index contributed by atoms with van der Waals surface area (Å²) in [7, 11) is 0. The van der Waals surface area contributed by atoms with Gasteiger partial charge in [0.15, 0.2) is 0 Å². The molecule has 0 spiro atoms. The third-order valence-corrected chi connectivity index (χ3v) is 5.52. The lowest BCUT2D eigenvalue weighted by Crippen LogP contribution is -2.53. The number of carbonyl (C=O) groups is 3. The van der Waals surface area contributed by atoms with E-state index in [-0.39, 0.29) is 23.9 Å². The van der Waals surface area contributed by atoms with Gasteiger partial charge >= 0.3 is 17.8 Å². The predicted octanol–water partition coefficient (Wildman–Crippen LogP) is 2.34.